The highest BCUT2D eigenvalue weighted by atomic mass is 35.5. The van der Waals surface area contributed by atoms with Crippen LogP contribution in [-0.4, -0.2) is 18.7 Å². The molecule has 2 atom stereocenters. The number of hydrogen-bond donors (Lipinski definition) is 1. The maximum absolute atomic E-state index is 12.9. The Balaban J connectivity index is 1.61. The smallest absolute Gasteiger partial charge is 0.315 e. The van der Waals surface area contributed by atoms with Crippen LogP contribution in [0.15, 0.2) is 54.7 Å². The summed E-state index contributed by atoms with van der Waals surface area (Å²) in [6.07, 6.45) is 0.0868. The maximum atomic E-state index is 12.9. The van der Waals surface area contributed by atoms with Crippen LogP contribution in [0.4, 0.5) is 0 Å². The van der Waals surface area contributed by atoms with Gasteiger partial charge in [0.1, 0.15) is 12.5 Å². The van der Waals surface area contributed by atoms with E-state index in [2.05, 4.69) is 11.9 Å². The third-order valence-corrected chi connectivity index (χ3v) is 5.18. The SMILES string of the molecule is C=C1NC(=O)CC(c2cc3c(cc2Cl)OCO3)C1C(=O)OCc1ccccc1. The second-order valence-corrected chi connectivity index (χ2v) is 7.09. The quantitative estimate of drug-likeness (QED) is 0.796. The van der Waals surface area contributed by atoms with Crippen LogP contribution >= 0.6 is 11.6 Å². The molecule has 6 nitrogen and oxygen atoms in total. The van der Waals surface area contributed by atoms with Gasteiger partial charge in [0, 0.05) is 29.1 Å². The molecule has 0 aliphatic carbocycles. The van der Waals surface area contributed by atoms with Gasteiger partial charge >= 0.3 is 5.97 Å². The first-order valence-electron chi connectivity index (χ1n) is 8.81. The second kappa shape index (κ2) is 7.56. The first-order chi connectivity index (χ1) is 13.5. The number of benzene rings is 2. The standard InChI is InChI=1S/C21H18ClNO5/c1-12-20(21(25)26-10-13-5-3-2-4-6-13)15(8-19(24)23-12)14-7-17-18(9-16(14)22)28-11-27-17/h2-7,9,15,20H,1,8,10-11H2,(H,23,24). The molecular formula is C21H18ClNO5. The molecule has 0 bridgehead atoms. The Morgan fingerprint density at radius 1 is 1.21 bits per heavy atom. The van der Waals surface area contributed by atoms with Gasteiger partial charge in [-0.25, -0.2) is 0 Å². The van der Waals surface area contributed by atoms with E-state index >= 15 is 0 Å². The third kappa shape index (κ3) is 3.55. The van der Waals surface area contributed by atoms with Crippen molar-refractivity contribution in [2.24, 2.45) is 5.92 Å². The van der Waals surface area contributed by atoms with Crippen molar-refractivity contribution in [1.29, 1.82) is 0 Å². The largest absolute Gasteiger partial charge is 0.460 e. The Kier molecular flexibility index (Phi) is 4.96. The summed E-state index contributed by atoms with van der Waals surface area (Å²) in [6.45, 7) is 4.11. The molecule has 144 valence electrons. The molecule has 2 heterocycles. The van der Waals surface area contributed by atoms with Crippen molar-refractivity contribution < 1.29 is 23.8 Å². The van der Waals surface area contributed by atoms with E-state index in [9.17, 15) is 9.59 Å². The lowest BCUT2D eigenvalue weighted by Crippen LogP contribution is -2.41. The van der Waals surface area contributed by atoms with E-state index in [-0.39, 0.29) is 25.7 Å². The van der Waals surface area contributed by atoms with Gasteiger partial charge in [0.05, 0.1) is 0 Å². The topological polar surface area (TPSA) is 73.9 Å². The summed E-state index contributed by atoms with van der Waals surface area (Å²) in [5, 5.41) is 3.05. The summed E-state index contributed by atoms with van der Waals surface area (Å²) in [5.41, 5.74) is 1.80. The molecule has 2 aliphatic rings. The van der Waals surface area contributed by atoms with Gasteiger partial charge in [0.25, 0.3) is 0 Å². The molecule has 28 heavy (non-hydrogen) atoms. The van der Waals surface area contributed by atoms with Crippen molar-refractivity contribution in [3.05, 3.63) is 70.9 Å². The normalized spacial score (nSPS) is 20.6. The van der Waals surface area contributed by atoms with Crippen LogP contribution in [0.2, 0.25) is 5.02 Å². The number of carbonyl (C=O) groups is 2. The molecule has 4 rings (SSSR count). The molecular weight excluding hydrogens is 382 g/mol. The Bertz CT molecular complexity index is 943. The Morgan fingerprint density at radius 3 is 2.68 bits per heavy atom. The van der Waals surface area contributed by atoms with Crippen LogP contribution in [-0.2, 0) is 20.9 Å². The van der Waals surface area contributed by atoms with Gasteiger partial charge in [-0.3, -0.25) is 9.59 Å². The van der Waals surface area contributed by atoms with E-state index in [4.69, 9.17) is 25.8 Å². The summed E-state index contributed by atoms with van der Waals surface area (Å²) in [7, 11) is 0. The monoisotopic (exact) mass is 399 g/mol. The number of halogens is 1. The number of fused-ring (bicyclic) bond motifs is 1. The number of nitrogens with one attached hydrogen (secondary N) is 1. The van der Waals surface area contributed by atoms with Gasteiger partial charge in [-0.1, -0.05) is 48.5 Å². The highest BCUT2D eigenvalue weighted by molar-refractivity contribution is 6.31. The van der Waals surface area contributed by atoms with E-state index in [0.717, 1.165) is 5.56 Å². The molecule has 0 aromatic heterocycles. The molecule has 2 aliphatic heterocycles. The van der Waals surface area contributed by atoms with Gasteiger partial charge in [-0.15, -0.1) is 0 Å². The van der Waals surface area contributed by atoms with Crippen molar-refractivity contribution in [3.63, 3.8) is 0 Å². The average molecular weight is 400 g/mol. The van der Waals surface area contributed by atoms with Crippen molar-refractivity contribution in [2.45, 2.75) is 18.9 Å². The fourth-order valence-corrected chi connectivity index (χ4v) is 3.79. The fourth-order valence-electron chi connectivity index (χ4n) is 3.50. The second-order valence-electron chi connectivity index (χ2n) is 6.68. The minimum atomic E-state index is -0.751. The molecule has 1 N–H and O–H groups in total. The number of esters is 1. The summed E-state index contributed by atoms with van der Waals surface area (Å²) >= 11 is 6.43. The fraction of sp³-hybridized carbons (Fsp3) is 0.238. The highest BCUT2D eigenvalue weighted by Gasteiger charge is 2.40. The van der Waals surface area contributed by atoms with E-state index in [1.807, 2.05) is 30.3 Å². The minimum Gasteiger partial charge on any atom is -0.460 e. The lowest BCUT2D eigenvalue weighted by molar-refractivity contribution is -0.150. The summed E-state index contributed by atoms with van der Waals surface area (Å²) in [5.74, 6) is -0.877. The Hall–Kier alpha value is -2.99. The average Bonchev–Trinajstić information content (AvgIpc) is 3.13. The number of piperidine rings is 1. The summed E-state index contributed by atoms with van der Waals surface area (Å²) < 4.78 is 16.3. The minimum absolute atomic E-state index is 0.0868. The molecule has 7 heteroatoms. The molecule has 1 amide bonds. The molecule has 1 saturated heterocycles. The van der Waals surface area contributed by atoms with Crippen molar-refractivity contribution >= 4 is 23.5 Å². The van der Waals surface area contributed by atoms with E-state index in [1.54, 1.807) is 12.1 Å². The lowest BCUT2D eigenvalue weighted by atomic mass is 9.79. The number of hydrogen-bond acceptors (Lipinski definition) is 5. The van der Waals surface area contributed by atoms with E-state index in [1.165, 1.54) is 0 Å². The summed E-state index contributed by atoms with van der Waals surface area (Å²) in [4.78, 5) is 25.0. The van der Waals surface area contributed by atoms with Crippen LogP contribution in [0.3, 0.4) is 0 Å². The Labute approximate surface area is 167 Å². The van der Waals surface area contributed by atoms with E-state index < -0.39 is 17.8 Å². The predicted molar refractivity (Wildman–Crippen MR) is 102 cm³/mol. The molecule has 0 radical (unpaired) electrons. The van der Waals surface area contributed by atoms with Crippen LogP contribution < -0.4 is 14.8 Å². The number of ether oxygens (including phenoxy) is 3. The molecule has 2 aromatic rings. The first-order valence-corrected chi connectivity index (χ1v) is 9.19. The Morgan fingerprint density at radius 2 is 1.93 bits per heavy atom. The molecule has 2 aromatic carbocycles. The van der Waals surface area contributed by atoms with Gasteiger partial charge in [0.2, 0.25) is 12.7 Å². The van der Waals surface area contributed by atoms with Crippen molar-refractivity contribution in [3.8, 4) is 11.5 Å². The molecule has 0 saturated carbocycles. The van der Waals surface area contributed by atoms with Gasteiger partial charge < -0.3 is 19.5 Å². The predicted octanol–water partition coefficient (Wildman–Crippen LogP) is 3.55. The van der Waals surface area contributed by atoms with Gasteiger partial charge in [0.15, 0.2) is 11.5 Å². The zero-order valence-electron chi connectivity index (χ0n) is 14.9. The highest BCUT2D eigenvalue weighted by Crippen LogP contribution is 2.44. The maximum Gasteiger partial charge on any atom is 0.315 e. The van der Waals surface area contributed by atoms with Crippen LogP contribution in [0.1, 0.15) is 23.5 Å². The number of amides is 1. The molecule has 0 spiro atoms. The third-order valence-electron chi connectivity index (χ3n) is 4.85. The van der Waals surface area contributed by atoms with Gasteiger partial charge in [-0.2, -0.15) is 0 Å². The van der Waals surface area contributed by atoms with Crippen molar-refractivity contribution in [1.82, 2.24) is 5.32 Å². The summed E-state index contributed by atoms with van der Waals surface area (Å²) in [6, 6.07) is 12.7. The number of rotatable bonds is 4. The van der Waals surface area contributed by atoms with Crippen LogP contribution in [0.5, 0.6) is 11.5 Å². The molecule has 1 fully saturated rings. The molecule has 2 unspecified atom stereocenters. The van der Waals surface area contributed by atoms with Crippen LogP contribution in [0.25, 0.3) is 0 Å². The van der Waals surface area contributed by atoms with Crippen molar-refractivity contribution in [2.75, 3.05) is 6.79 Å². The first kappa shape index (κ1) is 18.4. The van der Waals surface area contributed by atoms with Gasteiger partial charge in [-0.05, 0) is 17.2 Å². The zero-order chi connectivity index (χ0) is 19.7. The zero-order valence-corrected chi connectivity index (χ0v) is 15.7. The van der Waals surface area contributed by atoms with E-state index in [0.29, 0.717) is 27.8 Å². The number of carbonyl (C=O) groups excluding carboxylic acids is 2. The van der Waals surface area contributed by atoms with Crippen LogP contribution in [0, 0.1) is 5.92 Å². The lowest BCUT2D eigenvalue weighted by Gasteiger charge is -2.32.